The van der Waals surface area contributed by atoms with E-state index in [1.54, 1.807) is 10.6 Å². The van der Waals surface area contributed by atoms with E-state index in [0.717, 1.165) is 27.7 Å². The van der Waals surface area contributed by atoms with Gasteiger partial charge in [-0.2, -0.15) is 0 Å². The minimum atomic E-state index is 0. The molecule has 5 heteroatoms. The van der Waals surface area contributed by atoms with E-state index in [1.807, 2.05) is 0 Å². The molecule has 0 spiro atoms. The van der Waals surface area contributed by atoms with E-state index in [9.17, 15) is 0 Å². The van der Waals surface area contributed by atoms with Crippen LogP contribution in [0.1, 0.15) is 27.7 Å². The third-order valence-corrected chi connectivity index (χ3v) is 4.72. The average molecular weight is 388 g/mol. The summed E-state index contributed by atoms with van der Waals surface area (Å²) >= 11 is 0. The van der Waals surface area contributed by atoms with Crippen LogP contribution in [0.3, 0.4) is 0 Å². The molecule has 2 aliphatic heterocycles. The summed E-state index contributed by atoms with van der Waals surface area (Å²) in [5.41, 5.74) is 1.67. The second-order valence-electron chi connectivity index (χ2n) is 3.95. The molecule has 0 aromatic rings. The van der Waals surface area contributed by atoms with Crippen molar-refractivity contribution in [3.8, 4) is 0 Å². The smallest absolute Gasteiger partial charge is 1.00 e. The number of halogens is 2. The minimum absolute atomic E-state index is 0. The normalized spacial score (nSPS) is 25.2. The van der Waals surface area contributed by atoms with Gasteiger partial charge < -0.3 is 24.8 Å². The van der Waals surface area contributed by atoms with Crippen molar-refractivity contribution in [2.45, 2.75) is 39.0 Å². The van der Waals surface area contributed by atoms with Gasteiger partial charge in [0.1, 0.15) is 21.9 Å². The van der Waals surface area contributed by atoms with Crippen molar-refractivity contribution in [2.75, 3.05) is 0 Å². The fraction of sp³-hybridized carbons (Fsp3) is 0.500. The van der Waals surface area contributed by atoms with E-state index in [1.165, 1.54) is 0 Å². The monoisotopic (exact) mass is 386 g/mol. The molecule has 4 unspecified atom stereocenters. The van der Waals surface area contributed by atoms with Crippen molar-refractivity contribution in [2.24, 2.45) is 0 Å². The second kappa shape index (κ2) is 12.3. The molecular weight excluding hydrogens is 368 g/mol. The zero-order chi connectivity index (χ0) is 10.6. The van der Waals surface area contributed by atoms with E-state index in [-0.39, 0.29) is 51.0 Å². The first-order valence-corrected chi connectivity index (χ1v) is 7.30. The van der Waals surface area contributed by atoms with Crippen LogP contribution in [0.5, 0.6) is 0 Å². The Morgan fingerprint density at radius 2 is 1.12 bits per heavy atom. The van der Waals surface area contributed by atoms with Crippen LogP contribution in [-0.2, 0) is 26.2 Å². The molecule has 0 radical (unpaired) electrons. The van der Waals surface area contributed by atoms with Gasteiger partial charge in [-0.1, -0.05) is 0 Å². The van der Waals surface area contributed by atoms with Gasteiger partial charge in [0, 0.05) is 0 Å². The third kappa shape index (κ3) is 10.9. The number of rotatable bonds is 0. The molecule has 0 saturated carbocycles. The van der Waals surface area contributed by atoms with Gasteiger partial charge >= 0.3 is 26.2 Å². The van der Waals surface area contributed by atoms with Crippen molar-refractivity contribution in [1.29, 1.82) is 0 Å². The Bertz CT molecular complexity index is 290. The van der Waals surface area contributed by atoms with Crippen molar-refractivity contribution in [3.63, 3.8) is 0 Å². The Hall–Kier alpha value is 1.28. The average Bonchev–Trinajstić information content (AvgIpc) is 2.63. The molecule has 2 rings (SSSR count). The zero-order valence-electron chi connectivity index (χ0n) is 10.7. The summed E-state index contributed by atoms with van der Waals surface area (Å²) in [5.74, 6) is 0. The SMILES string of the molecule is CC1=[PH+]C(C)C=C1.CC1=[PH+]C(C)C=C1.[Cl-].[Cl-].[Zr+2]. The Kier molecular flexibility index (Phi) is 16.9. The quantitative estimate of drug-likeness (QED) is 0.408. The van der Waals surface area contributed by atoms with Gasteiger partial charge in [0.05, 0.1) is 16.4 Å². The first-order chi connectivity index (χ1) is 6.58. The van der Waals surface area contributed by atoms with Crippen LogP contribution in [0.2, 0.25) is 0 Å². The van der Waals surface area contributed by atoms with Crippen LogP contribution in [0.25, 0.3) is 0 Å². The molecule has 0 bridgehead atoms. The molecule has 0 amide bonds. The van der Waals surface area contributed by atoms with Gasteiger partial charge in [-0.3, -0.25) is 0 Å². The van der Waals surface area contributed by atoms with E-state index in [4.69, 9.17) is 0 Å². The van der Waals surface area contributed by atoms with Gasteiger partial charge in [-0.25, -0.2) is 0 Å². The number of hydrogen-bond acceptors (Lipinski definition) is 0. The molecule has 4 atom stereocenters. The first kappa shape index (κ1) is 23.4. The Labute approximate surface area is 140 Å². The molecule has 0 aromatic carbocycles. The van der Waals surface area contributed by atoms with Gasteiger partial charge in [0.15, 0.2) is 0 Å². The summed E-state index contributed by atoms with van der Waals surface area (Å²) < 4.78 is 0. The predicted octanol–water partition coefficient (Wildman–Crippen LogP) is -2.36. The summed E-state index contributed by atoms with van der Waals surface area (Å²) in [6.07, 6.45) is 8.99. The van der Waals surface area contributed by atoms with E-state index < -0.39 is 0 Å². The van der Waals surface area contributed by atoms with Crippen LogP contribution in [-0.4, -0.2) is 21.9 Å². The standard InChI is InChI=1S/2C6H9P.2ClH.Zr/c2*1-5-3-4-6(2)7-5;;;/h2*3-5H,1-2H3;2*1H;/q;;;;+2. The molecular formula is C12H20Cl2P2Zr+2. The molecule has 0 fully saturated rings. The number of hydrogen-bond donors (Lipinski definition) is 0. The van der Waals surface area contributed by atoms with Gasteiger partial charge in [-0.15, -0.1) is 0 Å². The summed E-state index contributed by atoms with van der Waals surface area (Å²) in [6.45, 7) is 8.90. The molecule has 94 valence electrons. The van der Waals surface area contributed by atoms with Crippen LogP contribution < -0.4 is 24.8 Å². The molecule has 0 N–H and O–H groups in total. The molecule has 0 nitrogen and oxygen atoms in total. The fourth-order valence-electron chi connectivity index (χ4n) is 1.49. The molecule has 0 aromatic heterocycles. The molecule has 2 heterocycles. The maximum Gasteiger partial charge on any atom is 2.00 e. The van der Waals surface area contributed by atoms with Crippen LogP contribution in [0.15, 0.2) is 24.3 Å². The molecule has 17 heavy (non-hydrogen) atoms. The molecule has 0 aliphatic carbocycles. The second-order valence-corrected chi connectivity index (χ2v) is 7.93. The Morgan fingerprint density at radius 1 is 0.824 bits per heavy atom. The number of allylic oxidation sites excluding steroid dienone is 4. The van der Waals surface area contributed by atoms with Gasteiger partial charge in [-0.05, 0) is 52.0 Å². The largest absolute Gasteiger partial charge is 2.00 e. The maximum absolute atomic E-state index is 2.27. The van der Waals surface area contributed by atoms with E-state index in [0.29, 0.717) is 0 Å². The van der Waals surface area contributed by atoms with Crippen molar-refractivity contribution in [1.82, 2.24) is 0 Å². The summed E-state index contributed by atoms with van der Waals surface area (Å²) in [5, 5.41) is 3.10. The summed E-state index contributed by atoms with van der Waals surface area (Å²) in [6, 6.07) is 0. The minimum Gasteiger partial charge on any atom is -1.00 e. The van der Waals surface area contributed by atoms with Crippen LogP contribution in [0, 0.1) is 0 Å². The Balaban J connectivity index is -0.000000196. The first-order valence-electron chi connectivity index (χ1n) is 5.14. The van der Waals surface area contributed by atoms with Gasteiger partial charge in [0.25, 0.3) is 0 Å². The fourth-order valence-corrected chi connectivity index (χ4v) is 3.69. The van der Waals surface area contributed by atoms with Gasteiger partial charge in [0.2, 0.25) is 0 Å². The van der Waals surface area contributed by atoms with Crippen molar-refractivity contribution >= 4 is 27.0 Å². The topological polar surface area (TPSA) is 0 Å². The Morgan fingerprint density at radius 3 is 1.18 bits per heavy atom. The van der Waals surface area contributed by atoms with Crippen LogP contribution in [0.4, 0.5) is 0 Å². The van der Waals surface area contributed by atoms with E-state index in [2.05, 4.69) is 52.0 Å². The molecule has 2 aliphatic rings. The summed E-state index contributed by atoms with van der Waals surface area (Å²) in [4.78, 5) is 0. The maximum atomic E-state index is 2.27. The predicted molar refractivity (Wildman–Crippen MR) is 75.2 cm³/mol. The van der Waals surface area contributed by atoms with Crippen molar-refractivity contribution in [3.05, 3.63) is 24.3 Å². The zero-order valence-corrected chi connectivity index (χ0v) is 16.7. The van der Waals surface area contributed by atoms with E-state index >= 15 is 0 Å². The van der Waals surface area contributed by atoms with Crippen LogP contribution >= 0.6 is 16.4 Å². The molecule has 0 saturated heterocycles. The van der Waals surface area contributed by atoms with Crippen molar-refractivity contribution < 1.29 is 51.0 Å². The summed E-state index contributed by atoms with van der Waals surface area (Å²) in [7, 11) is 2.12. The third-order valence-electron chi connectivity index (χ3n) is 2.18.